The zero-order valence-corrected chi connectivity index (χ0v) is 10.8. The van der Waals surface area contributed by atoms with Crippen LogP contribution in [-0.4, -0.2) is 5.60 Å². The van der Waals surface area contributed by atoms with E-state index in [1.165, 1.54) is 12.8 Å². The average molecular weight is 282 g/mol. The van der Waals surface area contributed by atoms with Gasteiger partial charge < -0.3 is 10.5 Å². The third kappa shape index (κ3) is 1.66. The van der Waals surface area contributed by atoms with Crippen LogP contribution >= 0.6 is 15.9 Å². The Kier molecular flexibility index (Phi) is 2.48. The number of rotatable bonds is 0. The first-order chi connectivity index (χ1) is 7.69. The number of hydrogen-bond acceptors (Lipinski definition) is 2. The minimum absolute atomic E-state index is 0.0419. The van der Waals surface area contributed by atoms with Gasteiger partial charge in [0.1, 0.15) is 11.4 Å². The molecule has 1 atom stereocenters. The molecule has 2 nitrogen and oxygen atoms in total. The lowest BCUT2D eigenvalue weighted by atomic mass is 9.86. The maximum Gasteiger partial charge on any atom is 0.124 e. The number of halogens is 1. The largest absolute Gasteiger partial charge is 0.487 e. The minimum atomic E-state index is 0.0419. The summed E-state index contributed by atoms with van der Waals surface area (Å²) in [6.45, 7) is 0. The van der Waals surface area contributed by atoms with Crippen molar-refractivity contribution in [2.45, 2.75) is 43.7 Å². The molecule has 0 radical (unpaired) electrons. The molecule has 0 bridgehead atoms. The van der Waals surface area contributed by atoms with Gasteiger partial charge in [0, 0.05) is 22.5 Å². The fraction of sp³-hybridized carbons (Fsp3) is 0.538. The van der Waals surface area contributed by atoms with E-state index in [9.17, 15) is 0 Å². The summed E-state index contributed by atoms with van der Waals surface area (Å²) in [6, 6.07) is 6.28. The van der Waals surface area contributed by atoms with E-state index in [1.807, 2.05) is 12.1 Å². The van der Waals surface area contributed by atoms with Crippen molar-refractivity contribution in [2.24, 2.45) is 5.73 Å². The molecule has 0 aromatic heterocycles. The topological polar surface area (TPSA) is 35.2 Å². The summed E-state index contributed by atoms with van der Waals surface area (Å²) in [5.41, 5.74) is 7.46. The van der Waals surface area contributed by atoms with Crippen LogP contribution < -0.4 is 10.5 Å². The molecule has 0 amide bonds. The predicted octanol–water partition coefficient (Wildman–Crippen LogP) is 3.54. The van der Waals surface area contributed by atoms with Crippen LogP contribution in [0.4, 0.5) is 0 Å². The van der Waals surface area contributed by atoms with E-state index in [-0.39, 0.29) is 11.6 Å². The molecule has 1 saturated carbocycles. The molecule has 3 rings (SSSR count). The number of nitrogens with two attached hydrogens (primary N) is 1. The van der Waals surface area contributed by atoms with E-state index in [1.54, 1.807) is 0 Å². The van der Waals surface area contributed by atoms with E-state index < -0.39 is 0 Å². The Morgan fingerprint density at radius 2 is 2.06 bits per heavy atom. The SMILES string of the molecule is N[C@@H]1CC2(CCCC2)Oc2ccc(Br)cc21. The first kappa shape index (κ1) is 10.6. The molecule has 1 aliphatic heterocycles. The molecule has 1 heterocycles. The monoisotopic (exact) mass is 281 g/mol. The fourth-order valence-corrected chi connectivity index (χ4v) is 3.39. The van der Waals surface area contributed by atoms with Gasteiger partial charge in [-0.3, -0.25) is 0 Å². The first-order valence-electron chi connectivity index (χ1n) is 5.93. The summed E-state index contributed by atoms with van der Waals surface area (Å²) in [7, 11) is 0. The molecule has 86 valence electrons. The van der Waals surface area contributed by atoms with Crippen molar-refractivity contribution in [3.8, 4) is 5.75 Å². The van der Waals surface area contributed by atoms with Gasteiger partial charge in [-0.25, -0.2) is 0 Å². The molecule has 2 aliphatic rings. The minimum Gasteiger partial charge on any atom is -0.487 e. The molecule has 1 aromatic carbocycles. The molecule has 1 aliphatic carbocycles. The third-order valence-electron chi connectivity index (χ3n) is 3.80. The second-order valence-corrected chi connectivity index (χ2v) is 5.90. The lowest BCUT2D eigenvalue weighted by molar-refractivity contribution is 0.0426. The molecule has 1 fully saturated rings. The molecular formula is C13H16BrNO. The van der Waals surface area contributed by atoms with Gasteiger partial charge in [-0.2, -0.15) is 0 Å². The smallest absolute Gasteiger partial charge is 0.124 e. The summed E-state index contributed by atoms with van der Waals surface area (Å²) < 4.78 is 7.28. The summed E-state index contributed by atoms with van der Waals surface area (Å²) in [5.74, 6) is 0.990. The van der Waals surface area contributed by atoms with E-state index in [4.69, 9.17) is 10.5 Å². The second-order valence-electron chi connectivity index (χ2n) is 4.98. The van der Waals surface area contributed by atoms with Gasteiger partial charge in [-0.15, -0.1) is 0 Å². The summed E-state index contributed by atoms with van der Waals surface area (Å²) in [4.78, 5) is 0. The molecule has 2 N–H and O–H groups in total. The highest BCUT2D eigenvalue weighted by Gasteiger charge is 2.41. The molecule has 0 saturated heterocycles. The Morgan fingerprint density at radius 1 is 1.31 bits per heavy atom. The van der Waals surface area contributed by atoms with Crippen LogP contribution in [-0.2, 0) is 0 Å². The quantitative estimate of drug-likeness (QED) is 0.790. The molecule has 0 unspecified atom stereocenters. The highest BCUT2D eigenvalue weighted by molar-refractivity contribution is 9.10. The van der Waals surface area contributed by atoms with E-state index in [2.05, 4.69) is 22.0 Å². The van der Waals surface area contributed by atoms with E-state index in [0.717, 1.165) is 35.0 Å². The van der Waals surface area contributed by atoms with Crippen LogP contribution in [0.3, 0.4) is 0 Å². The zero-order chi connectivity index (χ0) is 11.2. The van der Waals surface area contributed by atoms with Crippen molar-refractivity contribution >= 4 is 15.9 Å². The standard InChI is InChI=1S/C13H16BrNO/c14-9-3-4-12-10(7-9)11(15)8-13(16-12)5-1-2-6-13/h3-4,7,11H,1-2,5-6,8,15H2/t11-/m1/s1. The fourth-order valence-electron chi connectivity index (χ4n) is 3.01. The molecule has 1 aromatic rings. The van der Waals surface area contributed by atoms with Gasteiger partial charge in [-0.1, -0.05) is 15.9 Å². The van der Waals surface area contributed by atoms with Crippen molar-refractivity contribution in [3.05, 3.63) is 28.2 Å². The van der Waals surface area contributed by atoms with Crippen LogP contribution in [0.2, 0.25) is 0 Å². The van der Waals surface area contributed by atoms with Crippen LogP contribution in [0.5, 0.6) is 5.75 Å². The number of hydrogen-bond donors (Lipinski definition) is 1. The number of fused-ring (bicyclic) bond motifs is 1. The Morgan fingerprint density at radius 3 is 2.81 bits per heavy atom. The van der Waals surface area contributed by atoms with Gasteiger partial charge in [0.2, 0.25) is 0 Å². The van der Waals surface area contributed by atoms with Crippen molar-refractivity contribution in [3.63, 3.8) is 0 Å². The maximum atomic E-state index is 6.27. The van der Waals surface area contributed by atoms with Gasteiger partial charge in [0.25, 0.3) is 0 Å². The highest BCUT2D eigenvalue weighted by Crippen LogP contribution is 2.46. The zero-order valence-electron chi connectivity index (χ0n) is 9.21. The van der Waals surface area contributed by atoms with Crippen molar-refractivity contribution in [1.82, 2.24) is 0 Å². The van der Waals surface area contributed by atoms with Gasteiger partial charge in [0.15, 0.2) is 0 Å². The molecular weight excluding hydrogens is 266 g/mol. The van der Waals surface area contributed by atoms with Gasteiger partial charge in [0.05, 0.1) is 0 Å². The Hall–Kier alpha value is -0.540. The van der Waals surface area contributed by atoms with Crippen LogP contribution in [0.25, 0.3) is 0 Å². The van der Waals surface area contributed by atoms with Crippen molar-refractivity contribution < 1.29 is 4.74 Å². The lowest BCUT2D eigenvalue weighted by Crippen LogP contribution is -2.40. The van der Waals surface area contributed by atoms with Gasteiger partial charge >= 0.3 is 0 Å². The summed E-state index contributed by atoms with van der Waals surface area (Å²) in [5, 5.41) is 0. The third-order valence-corrected chi connectivity index (χ3v) is 4.30. The van der Waals surface area contributed by atoms with E-state index in [0.29, 0.717) is 0 Å². The summed E-state index contributed by atoms with van der Waals surface area (Å²) in [6.07, 6.45) is 5.85. The predicted molar refractivity (Wildman–Crippen MR) is 67.5 cm³/mol. The molecule has 16 heavy (non-hydrogen) atoms. The molecule has 3 heteroatoms. The van der Waals surface area contributed by atoms with Crippen molar-refractivity contribution in [1.29, 1.82) is 0 Å². The normalized spacial score (nSPS) is 26.5. The van der Waals surface area contributed by atoms with Crippen molar-refractivity contribution in [2.75, 3.05) is 0 Å². The van der Waals surface area contributed by atoms with Crippen LogP contribution in [0, 0.1) is 0 Å². The number of benzene rings is 1. The Labute approximate surface area is 104 Å². The number of ether oxygens (including phenoxy) is 1. The van der Waals surface area contributed by atoms with Crippen LogP contribution in [0.15, 0.2) is 22.7 Å². The maximum absolute atomic E-state index is 6.27. The summed E-state index contributed by atoms with van der Waals surface area (Å²) >= 11 is 3.48. The van der Waals surface area contributed by atoms with E-state index >= 15 is 0 Å². The highest BCUT2D eigenvalue weighted by atomic mass is 79.9. The van der Waals surface area contributed by atoms with Crippen LogP contribution in [0.1, 0.15) is 43.7 Å². The van der Waals surface area contributed by atoms with Gasteiger partial charge in [-0.05, 0) is 43.9 Å². The first-order valence-corrected chi connectivity index (χ1v) is 6.72. The Balaban J connectivity index is 1.99. The Bertz CT molecular complexity index is 412. The average Bonchev–Trinajstić information content (AvgIpc) is 2.68. The lowest BCUT2D eigenvalue weighted by Gasteiger charge is -2.38. The second kappa shape index (κ2) is 3.74. The molecule has 1 spiro atoms.